The van der Waals surface area contributed by atoms with Gasteiger partial charge < -0.3 is 9.47 Å². The van der Waals surface area contributed by atoms with Crippen molar-refractivity contribution in [2.24, 2.45) is 35.5 Å². The van der Waals surface area contributed by atoms with Crippen LogP contribution in [0.2, 0.25) is 0 Å². The van der Waals surface area contributed by atoms with Crippen LogP contribution in [0, 0.1) is 35.5 Å². The summed E-state index contributed by atoms with van der Waals surface area (Å²) in [4.78, 5) is 76.7. The van der Waals surface area contributed by atoms with Gasteiger partial charge in [-0.1, -0.05) is 69.2 Å². The second kappa shape index (κ2) is 22.5. The predicted molar refractivity (Wildman–Crippen MR) is 194 cm³/mol. The third-order valence-electron chi connectivity index (χ3n) is 8.26. The fraction of sp³-hybridized carbons (Fsp3) is 0.707. The van der Waals surface area contributed by atoms with Gasteiger partial charge >= 0.3 is 0 Å². The number of carbonyl (C=O) groups excluding carboxylic acids is 6. The molecule has 0 amide bonds. The lowest BCUT2D eigenvalue weighted by Crippen LogP contribution is -2.24. The Kier molecular flexibility index (Phi) is 20.2. The van der Waals surface area contributed by atoms with Crippen molar-refractivity contribution in [1.82, 2.24) is 0 Å². The highest BCUT2D eigenvalue weighted by atomic mass is 16.5. The van der Waals surface area contributed by atoms with Crippen LogP contribution in [0.1, 0.15) is 145 Å². The molecule has 8 nitrogen and oxygen atoms in total. The summed E-state index contributed by atoms with van der Waals surface area (Å²) in [6.07, 6.45) is 2.93. The number of hydrogen-bond donors (Lipinski definition) is 0. The number of benzene rings is 1. The zero-order valence-corrected chi connectivity index (χ0v) is 32.0. The molecule has 1 aromatic rings. The van der Waals surface area contributed by atoms with Gasteiger partial charge in [0.25, 0.3) is 0 Å². The minimum absolute atomic E-state index is 0.00171. The van der Waals surface area contributed by atoms with E-state index in [1.165, 1.54) is 0 Å². The molecular weight excluding hydrogens is 620 g/mol. The lowest BCUT2D eigenvalue weighted by atomic mass is 9.87. The molecule has 0 aliphatic rings. The fourth-order valence-electron chi connectivity index (χ4n) is 5.77. The molecule has 0 heterocycles. The number of rotatable bonds is 27. The van der Waals surface area contributed by atoms with E-state index in [9.17, 15) is 28.8 Å². The molecule has 1 rings (SSSR count). The van der Waals surface area contributed by atoms with Gasteiger partial charge in [-0.2, -0.15) is 0 Å². The molecule has 0 aliphatic carbocycles. The molecule has 0 saturated heterocycles. The van der Waals surface area contributed by atoms with E-state index < -0.39 is 11.8 Å². The largest absolute Gasteiger partial charge is 0.486 e. The van der Waals surface area contributed by atoms with Crippen molar-refractivity contribution in [2.45, 2.75) is 139 Å². The molecule has 276 valence electrons. The molecular formula is C41H64O8. The van der Waals surface area contributed by atoms with Gasteiger partial charge in [0.1, 0.15) is 47.8 Å². The summed E-state index contributed by atoms with van der Waals surface area (Å²) in [6.45, 7) is 19.3. The van der Waals surface area contributed by atoms with Crippen LogP contribution in [-0.2, 0) is 28.8 Å². The average molecular weight is 685 g/mol. The van der Waals surface area contributed by atoms with Crippen LogP contribution in [0.3, 0.4) is 0 Å². The summed E-state index contributed by atoms with van der Waals surface area (Å²) in [6, 6.07) is 5.28. The smallest absolute Gasteiger partial charge is 0.170 e. The first-order valence-electron chi connectivity index (χ1n) is 18.4. The van der Waals surface area contributed by atoms with Gasteiger partial charge in [-0.3, -0.25) is 28.8 Å². The summed E-state index contributed by atoms with van der Waals surface area (Å²) in [5.74, 6) is 0.434. The normalized spacial score (nSPS) is 12.9. The first-order valence-corrected chi connectivity index (χ1v) is 18.4. The van der Waals surface area contributed by atoms with Crippen molar-refractivity contribution in [3.63, 3.8) is 0 Å². The van der Waals surface area contributed by atoms with E-state index in [2.05, 4.69) is 0 Å². The van der Waals surface area contributed by atoms with Crippen LogP contribution in [0.25, 0.3) is 0 Å². The molecule has 0 fully saturated rings. The van der Waals surface area contributed by atoms with Crippen molar-refractivity contribution in [3.8, 4) is 11.5 Å². The zero-order chi connectivity index (χ0) is 37.3. The van der Waals surface area contributed by atoms with Gasteiger partial charge in [-0.15, -0.1) is 0 Å². The van der Waals surface area contributed by atoms with E-state index in [1.807, 2.05) is 81.4 Å². The molecule has 1 aromatic carbocycles. The lowest BCUT2D eigenvalue weighted by molar-refractivity contribution is -0.130. The van der Waals surface area contributed by atoms with Crippen LogP contribution >= 0.6 is 0 Å². The van der Waals surface area contributed by atoms with Crippen molar-refractivity contribution in [2.75, 3.05) is 13.2 Å². The van der Waals surface area contributed by atoms with E-state index in [0.29, 0.717) is 50.0 Å². The van der Waals surface area contributed by atoms with E-state index in [4.69, 9.17) is 9.47 Å². The van der Waals surface area contributed by atoms with Crippen LogP contribution in [0.5, 0.6) is 11.5 Å². The maximum atomic E-state index is 13.0. The predicted octanol–water partition coefficient (Wildman–Crippen LogP) is 8.74. The van der Waals surface area contributed by atoms with E-state index in [1.54, 1.807) is 6.07 Å². The quantitative estimate of drug-likeness (QED) is 0.0902. The molecule has 0 spiro atoms. The molecule has 0 N–H and O–H groups in total. The Morgan fingerprint density at radius 1 is 0.469 bits per heavy atom. The van der Waals surface area contributed by atoms with Gasteiger partial charge in [0.15, 0.2) is 11.6 Å². The first-order chi connectivity index (χ1) is 22.9. The minimum atomic E-state index is -0.522. The molecule has 0 bridgehead atoms. The molecule has 2 unspecified atom stereocenters. The summed E-state index contributed by atoms with van der Waals surface area (Å²) in [7, 11) is 0. The van der Waals surface area contributed by atoms with Crippen LogP contribution in [-0.4, -0.2) is 47.9 Å². The van der Waals surface area contributed by atoms with Crippen molar-refractivity contribution in [3.05, 3.63) is 23.8 Å². The highest BCUT2D eigenvalue weighted by Crippen LogP contribution is 2.29. The Morgan fingerprint density at radius 3 is 1.12 bits per heavy atom. The highest BCUT2D eigenvalue weighted by molar-refractivity contribution is 5.90. The van der Waals surface area contributed by atoms with Gasteiger partial charge in [0.2, 0.25) is 0 Å². The summed E-state index contributed by atoms with van der Waals surface area (Å²) in [5.41, 5.74) is 0.898. The monoisotopic (exact) mass is 684 g/mol. The Bertz CT molecular complexity index is 1150. The Labute approximate surface area is 295 Å². The van der Waals surface area contributed by atoms with Crippen LogP contribution < -0.4 is 9.47 Å². The van der Waals surface area contributed by atoms with Crippen LogP contribution in [0.4, 0.5) is 0 Å². The number of ether oxygens (including phenoxy) is 2. The SMILES string of the molecule is CC(C)CC(=O)CCC(CC(=O)COc1cc(OCC(=O)CC(CCC(=O)CC(C)C)C(=O)CC(C)C)cc(C(C)C)c1)C(=O)CC(C)C. The number of Topliss-reactive ketones (excluding diaryl/α,β-unsaturated/α-hetero) is 6. The summed E-state index contributed by atoms with van der Waals surface area (Å²) in [5, 5.41) is 0. The maximum absolute atomic E-state index is 13.0. The maximum Gasteiger partial charge on any atom is 0.170 e. The van der Waals surface area contributed by atoms with Gasteiger partial charge in [-0.05, 0) is 60.1 Å². The summed E-state index contributed by atoms with van der Waals surface area (Å²) >= 11 is 0. The van der Waals surface area contributed by atoms with Crippen molar-refractivity contribution in [1.29, 1.82) is 0 Å². The van der Waals surface area contributed by atoms with Gasteiger partial charge in [0.05, 0.1) is 0 Å². The molecule has 49 heavy (non-hydrogen) atoms. The van der Waals surface area contributed by atoms with Crippen LogP contribution in [0.15, 0.2) is 18.2 Å². The number of hydrogen-bond acceptors (Lipinski definition) is 8. The third kappa shape index (κ3) is 19.6. The molecule has 0 aliphatic heterocycles. The molecule has 0 radical (unpaired) electrons. The molecule has 0 saturated carbocycles. The second-order valence-electron chi connectivity index (χ2n) is 15.8. The molecule has 8 heteroatoms. The minimum Gasteiger partial charge on any atom is -0.486 e. The van der Waals surface area contributed by atoms with E-state index in [0.717, 1.165) is 5.56 Å². The van der Waals surface area contributed by atoms with E-state index in [-0.39, 0.29) is 103 Å². The number of ketones is 6. The first kappa shape index (κ1) is 43.9. The Balaban J connectivity index is 2.94. The topological polar surface area (TPSA) is 121 Å². The Hall–Kier alpha value is -3.16. The molecule has 0 aromatic heterocycles. The summed E-state index contributed by atoms with van der Waals surface area (Å²) < 4.78 is 11.8. The molecule has 2 atom stereocenters. The van der Waals surface area contributed by atoms with Gasteiger partial charge in [-0.25, -0.2) is 0 Å². The fourth-order valence-corrected chi connectivity index (χ4v) is 5.77. The van der Waals surface area contributed by atoms with Crippen molar-refractivity contribution >= 4 is 34.7 Å². The van der Waals surface area contributed by atoms with Crippen molar-refractivity contribution < 1.29 is 38.2 Å². The number of carbonyl (C=O) groups is 6. The second-order valence-corrected chi connectivity index (χ2v) is 15.8. The van der Waals surface area contributed by atoms with Gasteiger partial charge in [0, 0.05) is 69.3 Å². The standard InChI is InChI=1S/C41H64O8/c1-26(2)15-34(42)13-11-31(40(46)17-28(5)6)19-36(44)24-48-38-21-33(30(9)10)22-39(23-38)49-25-37(45)20-32(41(47)18-29(7)8)12-14-35(43)16-27(3)4/h21-23,26-32H,11-20,24-25H2,1-10H3. The van der Waals surface area contributed by atoms with E-state index >= 15 is 0 Å². The highest BCUT2D eigenvalue weighted by Gasteiger charge is 2.25. The zero-order valence-electron chi connectivity index (χ0n) is 32.0. The lowest BCUT2D eigenvalue weighted by Gasteiger charge is -2.18. The third-order valence-corrected chi connectivity index (χ3v) is 8.26. The average Bonchev–Trinajstić information content (AvgIpc) is 2.97. The Morgan fingerprint density at radius 2 is 0.816 bits per heavy atom.